The maximum Gasteiger partial charge on any atom is 0.231 e. The summed E-state index contributed by atoms with van der Waals surface area (Å²) in [6.45, 7) is 0.634. The van der Waals surface area contributed by atoms with Gasteiger partial charge in [0.2, 0.25) is 11.6 Å². The van der Waals surface area contributed by atoms with Crippen molar-refractivity contribution in [3.8, 4) is 11.5 Å². The van der Waals surface area contributed by atoms with Gasteiger partial charge < -0.3 is 14.4 Å². The maximum atomic E-state index is 13.9. The summed E-state index contributed by atoms with van der Waals surface area (Å²) < 4.78 is 79.0. The zero-order valence-electron chi connectivity index (χ0n) is 18.3. The summed E-state index contributed by atoms with van der Waals surface area (Å²) in [6.07, 6.45) is 1.58. The smallest absolute Gasteiger partial charge is 0.231 e. The third-order valence-electron chi connectivity index (χ3n) is 5.42. The van der Waals surface area contributed by atoms with E-state index in [9.17, 15) is 26.7 Å². The Morgan fingerprint density at radius 2 is 1.47 bits per heavy atom. The first-order chi connectivity index (χ1) is 16.1. The first kappa shape index (κ1) is 23.3. The average molecular weight is 475 g/mol. The van der Waals surface area contributed by atoms with Gasteiger partial charge in [0, 0.05) is 25.3 Å². The van der Waals surface area contributed by atoms with Crippen LogP contribution in [-0.4, -0.2) is 19.9 Å². The van der Waals surface area contributed by atoms with Crippen molar-refractivity contribution in [1.29, 1.82) is 0 Å². The number of fused-ring (bicyclic) bond motifs is 1. The summed E-state index contributed by atoms with van der Waals surface area (Å²) in [5.74, 6) is -10.3. The number of carbonyl (C=O) groups is 1. The fourth-order valence-electron chi connectivity index (χ4n) is 3.47. The van der Waals surface area contributed by atoms with E-state index in [2.05, 4.69) is 0 Å². The number of carbonyl (C=O) groups excluding carboxylic acids is 1. The van der Waals surface area contributed by atoms with Crippen molar-refractivity contribution in [2.24, 2.45) is 0 Å². The zero-order chi connectivity index (χ0) is 24.7. The van der Waals surface area contributed by atoms with Crippen LogP contribution in [0, 0.1) is 36.0 Å². The standard InChI is InChI=1S/C25H18F5NO3/c1-12-17(33-11-16-19(26)21(28)23(30)22(29)20(16)27)9-8-15-24(32)18(34-25(12)15)10-13-4-6-14(7-5-13)31(2)3/h4-10H,11H2,1-3H3/b18-10-. The highest BCUT2D eigenvalue weighted by Gasteiger charge is 2.31. The monoisotopic (exact) mass is 475 g/mol. The SMILES string of the molecule is Cc1c(OCc2c(F)c(F)c(F)c(F)c2F)ccc2c1O/C(=C\c1ccc(N(C)C)cc1)C2=O. The first-order valence-corrected chi connectivity index (χ1v) is 10.1. The Hall–Kier alpha value is -3.88. The van der Waals surface area contributed by atoms with Crippen LogP contribution in [0.25, 0.3) is 6.08 Å². The molecule has 0 amide bonds. The Balaban J connectivity index is 1.58. The van der Waals surface area contributed by atoms with E-state index in [-0.39, 0.29) is 28.6 Å². The molecule has 0 bridgehead atoms. The van der Waals surface area contributed by atoms with Gasteiger partial charge in [-0.25, -0.2) is 22.0 Å². The predicted molar refractivity (Wildman–Crippen MR) is 115 cm³/mol. The van der Waals surface area contributed by atoms with E-state index in [1.165, 1.54) is 12.1 Å². The molecule has 0 aromatic heterocycles. The maximum absolute atomic E-state index is 13.9. The summed E-state index contributed by atoms with van der Waals surface area (Å²) >= 11 is 0. The van der Waals surface area contributed by atoms with Gasteiger partial charge in [-0.05, 0) is 42.8 Å². The number of benzene rings is 3. The van der Waals surface area contributed by atoms with Crippen molar-refractivity contribution in [2.75, 3.05) is 19.0 Å². The Kier molecular flexibility index (Phi) is 6.03. The van der Waals surface area contributed by atoms with Gasteiger partial charge in [0.15, 0.2) is 29.0 Å². The van der Waals surface area contributed by atoms with Gasteiger partial charge in [-0.3, -0.25) is 4.79 Å². The molecular weight excluding hydrogens is 457 g/mol. The van der Waals surface area contributed by atoms with E-state index in [1.807, 2.05) is 43.3 Å². The van der Waals surface area contributed by atoms with E-state index in [1.54, 1.807) is 13.0 Å². The van der Waals surface area contributed by atoms with Crippen molar-refractivity contribution < 1.29 is 36.2 Å². The molecule has 0 unspecified atom stereocenters. The van der Waals surface area contributed by atoms with Crippen LogP contribution in [0.3, 0.4) is 0 Å². The van der Waals surface area contributed by atoms with Crippen LogP contribution >= 0.6 is 0 Å². The Morgan fingerprint density at radius 1 is 0.882 bits per heavy atom. The second-order valence-corrected chi connectivity index (χ2v) is 7.83. The van der Waals surface area contributed by atoms with E-state index in [4.69, 9.17) is 9.47 Å². The van der Waals surface area contributed by atoms with Gasteiger partial charge in [0.25, 0.3) is 0 Å². The average Bonchev–Trinajstić information content (AvgIpc) is 3.14. The molecule has 0 saturated carbocycles. The minimum atomic E-state index is -2.24. The van der Waals surface area contributed by atoms with E-state index < -0.39 is 41.3 Å². The Morgan fingerprint density at radius 3 is 2.06 bits per heavy atom. The lowest BCUT2D eigenvalue weighted by atomic mass is 10.1. The van der Waals surface area contributed by atoms with E-state index in [0.29, 0.717) is 5.56 Å². The molecule has 0 aliphatic carbocycles. The Bertz CT molecular complexity index is 1300. The van der Waals surface area contributed by atoms with Gasteiger partial charge in [-0.1, -0.05) is 12.1 Å². The molecule has 4 nitrogen and oxygen atoms in total. The molecular formula is C25H18F5NO3. The van der Waals surface area contributed by atoms with Gasteiger partial charge in [0.05, 0.1) is 11.1 Å². The van der Waals surface area contributed by atoms with Crippen molar-refractivity contribution in [3.63, 3.8) is 0 Å². The normalized spacial score (nSPS) is 13.8. The highest BCUT2D eigenvalue weighted by molar-refractivity contribution is 6.15. The lowest BCUT2D eigenvalue weighted by molar-refractivity contribution is 0.101. The number of allylic oxidation sites excluding steroid dienone is 1. The topological polar surface area (TPSA) is 38.8 Å². The molecule has 176 valence electrons. The summed E-state index contributed by atoms with van der Waals surface area (Å²) in [5.41, 5.74) is 1.21. The van der Waals surface area contributed by atoms with Crippen LogP contribution in [0.15, 0.2) is 42.2 Å². The lowest BCUT2D eigenvalue weighted by Crippen LogP contribution is -2.10. The van der Waals surface area contributed by atoms with Gasteiger partial charge in [-0.15, -0.1) is 0 Å². The number of nitrogens with zero attached hydrogens (tertiary/aromatic N) is 1. The summed E-state index contributed by atoms with van der Waals surface area (Å²) in [4.78, 5) is 14.7. The third kappa shape index (κ3) is 3.98. The van der Waals surface area contributed by atoms with E-state index in [0.717, 1.165) is 11.3 Å². The summed E-state index contributed by atoms with van der Waals surface area (Å²) in [6, 6.07) is 10.2. The number of hydrogen-bond acceptors (Lipinski definition) is 4. The lowest BCUT2D eigenvalue weighted by Gasteiger charge is -2.13. The van der Waals surface area contributed by atoms with Gasteiger partial charge >= 0.3 is 0 Å². The minimum Gasteiger partial charge on any atom is -0.488 e. The molecule has 3 aromatic rings. The summed E-state index contributed by atoms with van der Waals surface area (Å²) in [5, 5.41) is 0. The van der Waals surface area contributed by atoms with Crippen LogP contribution < -0.4 is 14.4 Å². The molecule has 4 rings (SSSR count). The van der Waals surface area contributed by atoms with Crippen LogP contribution in [0.5, 0.6) is 11.5 Å². The molecule has 0 fully saturated rings. The molecule has 1 heterocycles. The largest absolute Gasteiger partial charge is 0.488 e. The fourth-order valence-corrected chi connectivity index (χ4v) is 3.47. The van der Waals surface area contributed by atoms with E-state index >= 15 is 0 Å². The summed E-state index contributed by atoms with van der Waals surface area (Å²) in [7, 11) is 3.81. The molecule has 0 saturated heterocycles. The number of rotatable bonds is 5. The second-order valence-electron chi connectivity index (χ2n) is 7.83. The third-order valence-corrected chi connectivity index (χ3v) is 5.42. The molecule has 0 atom stereocenters. The quantitative estimate of drug-likeness (QED) is 0.198. The molecule has 0 spiro atoms. The van der Waals surface area contributed by atoms with Crippen molar-refractivity contribution >= 4 is 17.5 Å². The van der Waals surface area contributed by atoms with Crippen molar-refractivity contribution in [2.45, 2.75) is 13.5 Å². The molecule has 9 heteroatoms. The first-order valence-electron chi connectivity index (χ1n) is 10.1. The molecule has 0 radical (unpaired) electrons. The molecule has 34 heavy (non-hydrogen) atoms. The number of anilines is 1. The number of ether oxygens (including phenoxy) is 2. The van der Waals surface area contributed by atoms with Gasteiger partial charge in [0.1, 0.15) is 18.1 Å². The molecule has 1 aliphatic rings. The second kappa shape index (κ2) is 8.81. The van der Waals surface area contributed by atoms with Crippen LogP contribution in [0.1, 0.15) is 27.0 Å². The number of hydrogen-bond donors (Lipinski definition) is 0. The van der Waals surface area contributed by atoms with Crippen LogP contribution in [0.4, 0.5) is 27.6 Å². The molecule has 3 aromatic carbocycles. The fraction of sp³-hybridized carbons (Fsp3) is 0.160. The van der Waals surface area contributed by atoms with Crippen LogP contribution in [-0.2, 0) is 6.61 Å². The van der Waals surface area contributed by atoms with Crippen LogP contribution in [0.2, 0.25) is 0 Å². The number of ketones is 1. The molecule has 0 N–H and O–H groups in total. The van der Waals surface area contributed by atoms with Crippen molar-refractivity contribution in [3.05, 3.63) is 93.5 Å². The van der Waals surface area contributed by atoms with Crippen molar-refractivity contribution in [1.82, 2.24) is 0 Å². The van der Waals surface area contributed by atoms with Gasteiger partial charge in [-0.2, -0.15) is 0 Å². The number of halogens is 5. The highest BCUT2D eigenvalue weighted by atomic mass is 19.2. The molecule has 1 aliphatic heterocycles. The minimum absolute atomic E-state index is 0.0621. The number of Topliss-reactive ketones (excluding diaryl/α,β-unsaturated/α-hetero) is 1. The highest BCUT2D eigenvalue weighted by Crippen LogP contribution is 2.39. The zero-order valence-corrected chi connectivity index (χ0v) is 18.3. The Labute approximate surface area is 191 Å². The predicted octanol–water partition coefficient (Wildman–Crippen LogP) is 5.95.